The number of aliphatic hydroxyl groups is 4. The lowest BCUT2D eigenvalue weighted by molar-refractivity contribution is -0.277. The average Bonchev–Trinajstić information content (AvgIpc) is 2.78. The second-order valence-corrected chi connectivity index (χ2v) is 7.24. The van der Waals surface area contributed by atoms with Crippen molar-refractivity contribution >= 4 is 21.9 Å². The van der Waals surface area contributed by atoms with E-state index in [9.17, 15) is 30.3 Å². The van der Waals surface area contributed by atoms with Crippen LogP contribution in [0.5, 0.6) is 23.0 Å². The monoisotopic (exact) mass is 450 g/mol. The van der Waals surface area contributed by atoms with E-state index < -0.39 is 42.7 Å². The van der Waals surface area contributed by atoms with E-state index in [4.69, 9.17) is 23.4 Å². The summed E-state index contributed by atoms with van der Waals surface area (Å²) in [4.78, 5) is 13.4. The molecular weight excluding hydrogens is 428 g/mol. The fourth-order valence-corrected chi connectivity index (χ4v) is 3.69. The summed E-state index contributed by atoms with van der Waals surface area (Å²) in [7, 11) is 2.79. The van der Waals surface area contributed by atoms with Crippen LogP contribution in [-0.4, -0.2) is 77.1 Å². The fraction of sp³-hybridized carbons (Fsp3) is 0.381. The number of hydrogen-bond donors (Lipinski definition) is 5. The predicted molar refractivity (Wildman–Crippen MR) is 109 cm³/mol. The molecule has 1 fully saturated rings. The highest BCUT2D eigenvalue weighted by Gasteiger charge is 2.45. The Morgan fingerprint density at radius 3 is 2.28 bits per heavy atom. The Morgan fingerprint density at radius 2 is 1.62 bits per heavy atom. The van der Waals surface area contributed by atoms with Gasteiger partial charge in [0.2, 0.25) is 11.7 Å². The minimum Gasteiger partial charge on any atom is -0.508 e. The Kier molecular flexibility index (Phi) is 5.84. The molecular formula is C21H22O11. The van der Waals surface area contributed by atoms with Gasteiger partial charge in [0.1, 0.15) is 58.0 Å². The van der Waals surface area contributed by atoms with Crippen molar-refractivity contribution in [2.45, 2.75) is 30.7 Å². The molecule has 32 heavy (non-hydrogen) atoms. The second kappa shape index (κ2) is 8.45. The number of benzene rings is 2. The standard InChI is InChI=1S/C21H22O11/c1-28-9-3-4-10(29-2)20-15(9)17(25)14-11(30-20)5-8(23)6-12(14)31-21-19(27)18(26)16(24)13(7-22)32-21/h3-6,13,16,18-19,21-24,26-27H,7H2,1-2H3/t13-,16-,18-,19-,21-/m0/s1. The lowest BCUT2D eigenvalue weighted by Crippen LogP contribution is -2.60. The first-order valence-electron chi connectivity index (χ1n) is 9.62. The van der Waals surface area contributed by atoms with Gasteiger partial charge in [0.15, 0.2) is 11.3 Å². The molecule has 5 atom stereocenters. The maximum atomic E-state index is 13.4. The van der Waals surface area contributed by atoms with E-state index in [-0.39, 0.29) is 44.9 Å². The van der Waals surface area contributed by atoms with Gasteiger partial charge in [0, 0.05) is 12.1 Å². The molecule has 5 N–H and O–H groups in total. The highest BCUT2D eigenvalue weighted by molar-refractivity contribution is 5.98. The van der Waals surface area contributed by atoms with Crippen LogP contribution in [0.4, 0.5) is 0 Å². The van der Waals surface area contributed by atoms with Crippen molar-refractivity contribution in [1.29, 1.82) is 0 Å². The van der Waals surface area contributed by atoms with Gasteiger partial charge in [-0.3, -0.25) is 4.79 Å². The summed E-state index contributed by atoms with van der Waals surface area (Å²) >= 11 is 0. The Hall–Kier alpha value is -3.09. The first-order chi connectivity index (χ1) is 15.3. The molecule has 4 rings (SSSR count). The summed E-state index contributed by atoms with van der Waals surface area (Å²) in [6.07, 6.45) is -7.77. The number of ether oxygens (including phenoxy) is 4. The number of methoxy groups -OCH3 is 2. The maximum absolute atomic E-state index is 13.4. The van der Waals surface area contributed by atoms with E-state index >= 15 is 0 Å². The zero-order valence-corrected chi connectivity index (χ0v) is 17.1. The molecule has 1 aromatic heterocycles. The van der Waals surface area contributed by atoms with E-state index in [1.807, 2.05) is 0 Å². The lowest BCUT2D eigenvalue weighted by Gasteiger charge is -2.39. The number of rotatable bonds is 5. The van der Waals surface area contributed by atoms with Crippen molar-refractivity contribution in [3.8, 4) is 23.0 Å². The highest BCUT2D eigenvalue weighted by atomic mass is 16.7. The molecule has 172 valence electrons. The van der Waals surface area contributed by atoms with E-state index in [0.29, 0.717) is 0 Å². The van der Waals surface area contributed by atoms with Crippen LogP contribution in [0.15, 0.2) is 33.5 Å². The van der Waals surface area contributed by atoms with Crippen LogP contribution in [0.25, 0.3) is 21.9 Å². The molecule has 11 nitrogen and oxygen atoms in total. The van der Waals surface area contributed by atoms with Crippen LogP contribution < -0.4 is 19.6 Å². The van der Waals surface area contributed by atoms with Crippen molar-refractivity contribution in [2.24, 2.45) is 0 Å². The summed E-state index contributed by atoms with van der Waals surface area (Å²) in [6, 6.07) is 5.40. The van der Waals surface area contributed by atoms with Gasteiger partial charge in [-0.1, -0.05) is 0 Å². The molecule has 2 aromatic carbocycles. The van der Waals surface area contributed by atoms with Gasteiger partial charge in [-0.05, 0) is 12.1 Å². The van der Waals surface area contributed by atoms with Crippen LogP contribution in [0.1, 0.15) is 0 Å². The topological polar surface area (TPSA) is 168 Å². The molecule has 0 saturated carbocycles. The summed E-state index contributed by atoms with van der Waals surface area (Å²) in [5.41, 5.74) is -0.529. The van der Waals surface area contributed by atoms with Gasteiger partial charge in [0.25, 0.3) is 0 Å². The quantitative estimate of drug-likeness (QED) is 0.328. The molecule has 11 heteroatoms. The molecule has 2 heterocycles. The van der Waals surface area contributed by atoms with Crippen LogP contribution in [0.3, 0.4) is 0 Å². The molecule has 0 amide bonds. The van der Waals surface area contributed by atoms with Crippen molar-refractivity contribution in [2.75, 3.05) is 20.8 Å². The molecule has 1 aliphatic heterocycles. The van der Waals surface area contributed by atoms with Crippen molar-refractivity contribution in [3.63, 3.8) is 0 Å². The van der Waals surface area contributed by atoms with Crippen LogP contribution >= 0.6 is 0 Å². The van der Waals surface area contributed by atoms with Crippen LogP contribution in [0, 0.1) is 0 Å². The summed E-state index contributed by atoms with van der Waals surface area (Å²) < 4.78 is 27.3. The van der Waals surface area contributed by atoms with Crippen molar-refractivity contribution < 1.29 is 48.9 Å². The van der Waals surface area contributed by atoms with E-state index in [1.54, 1.807) is 6.07 Å². The molecule has 1 saturated heterocycles. The van der Waals surface area contributed by atoms with Gasteiger partial charge in [-0.25, -0.2) is 0 Å². The first-order valence-corrected chi connectivity index (χ1v) is 9.62. The molecule has 0 unspecified atom stereocenters. The summed E-state index contributed by atoms with van der Waals surface area (Å²) in [5.74, 6) is -0.0610. The highest BCUT2D eigenvalue weighted by Crippen LogP contribution is 2.38. The number of aliphatic hydroxyl groups excluding tert-OH is 4. The Labute approximate surface area is 180 Å². The van der Waals surface area contributed by atoms with Gasteiger partial charge in [-0.2, -0.15) is 0 Å². The van der Waals surface area contributed by atoms with E-state index in [0.717, 1.165) is 6.07 Å². The van der Waals surface area contributed by atoms with Crippen LogP contribution in [-0.2, 0) is 4.74 Å². The molecule has 0 bridgehead atoms. The number of phenolic OH excluding ortho intramolecular Hbond substituents is 1. The summed E-state index contributed by atoms with van der Waals surface area (Å²) in [6.45, 7) is -0.657. The third-order valence-electron chi connectivity index (χ3n) is 5.33. The Balaban J connectivity index is 1.91. The average molecular weight is 450 g/mol. The minimum atomic E-state index is -1.72. The third-order valence-corrected chi connectivity index (χ3v) is 5.33. The zero-order valence-electron chi connectivity index (χ0n) is 17.1. The number of fused-ring (bicyclic) bond motifs is 2. The van der Waals surface area contributed by atoms with Gasteiger partial charge < -0.3 is 48.9 Å². The second-order valence-electron chi connectivity index (χ2n) is 7.24. The van der Waals surface area contributed by atoms with Gasteiger partial charge in [0.05, 0.1) is 20.8 Å². The Bertz CT molecular complexity index is 1200. The summed E-state index contributed by atoms with van der Waals surface area (Å²) in [5, 5.41) is 49.7. The largest absolute Gasteiger partial charge is 0.508 e. The maximum Gasteiger partial charge on any atom is 0.229 e. The SMILES string of the molecule is COc1ccc(OC)c2c(=O)c3c(O[C@H]4O[C@@H](CO)[C@H](O)[C@H](O)[C@@H]4O)cc(O)cc3oc12. The van der Waals surface area contributed by atoms with Crippen LogP contribution in [0.2, 0.25) is 0 Å². The van der Waals surface area contributed by atoms with Gasteiger partial charge in [-0.15, -0.1) is 0 Å². The normalized spacial score (nSPS) is 25.8. The lowest BCUT2D eigenvalue weighted by atomic mass is 9.99. The number of hydrogen-bond acceptors (Lipinski definition) is 11. The van der Waals surface area contributed by atoms with E-state index in [2.05, 4.69) is 0 Å². The molecule has 0 spiro atoms. The molecule has 1 aliphatic rings. The molecule has 3 aromatic rings. The smallest absolute Gasteiger partial charge is 0.229 e. The molecule has 0 aliphatic carbocycles. The third kappa shape index (κ3) is 3.49. The number of aromatic hydroxyl groups is 1. The Morgan fingerprint density at radius 1 is 0.938 bits per heavy atom. The van der Waals surface area contributed by atoms with Gasteiger partial charge >= 0.3 is 0 Å². The predicted octanol–water partition coefficient (Wildman–Crippen LogP) is -0.152. The number of phenols is 1. The van der Waals surface area contributed by atoms with Crippen molar-refractivity contribution in [3.05, 3.63) is 34.5 Å². The van der Waals surface area contributed by atoms with E-state index in [1.165, 1.54) is 26.4 Å². The zero-order chi connectivity index (χ0) is 23.2. The molecule has 0 radical (unpaired) electrons. The first kappa shape index (κ1) is 22.1. The fourth-order valence-electron chi connectivity index (χ4n) is 3.69. The van der Waals surface area contributed by atoms with Crippen molar-refractivity contribution in [1.82, 2.24) is 0 Å². The minimum absolute atomic E-state index is 0.0476.